The lowest BCUT2D eigenvalue weighted by atomic mass is 9.97. The molecule has 0 radical (unpaired) electrons. The van der Waals surface area contributed by atoms with Crippen LogP contribution in [0.3, 0.4) is 0 Å². The van der Waals surface area contributed by atoms with Crippen LogP contribution in [0.4, 0.5) is 0 Å². The van der Waals surface area contributed by atoms with E-state index in [1.807, 2.05) is 51.1 Å². The summed E-state index contributed by atoms with van der Waals surface area (Å²) in [5.41, 5.74) is 5.39. The number of hydrogen-bond acceptors (Lipinski definition) is 1. The Morgan fingerprint density at radius 1 is 0.889 bits per heavy atom. The molecule has 18 heavy (non-hydrogen) atoms. The lowest BCUT2D eigenvalue weighted by molar-refractivity contribution is 0.220. The van der Waals surface area contributed by atoms with Crippen LogP contribution in [0.25, 0.3) is 0 Å². The predicted octanol–water partition coefficient (Wildman–Crippen LogP) is 4.46. The summed E-state index contributed by atoms with van der Waals surface area (Å²) in [4.78, 5) is 0. The van der Waals surface area contributed by atoms with Crippen LogP contribution in [0.5, 0.6) is 0 Å². The highest BCUT2D eigenvalue weighted by Gasteiger charge is 2.12. The van der Waals surface area contributed by atoms with E-state index in [9.17, 15) is 5.11 Å². The van der Waals surface area contributed by atoms with Crippen LogP contribution in [-0.4, -0.2) is 5.11 Å². The number of aliphatic hydroxyl groups excluding tert-OH is 1. The zero-order chi connectivity index (χ0) is 13.3. The van der Waals surface area contributed by atoms with E-state index in [-0.39, 0.29) is 0 Å². The Balaban J connectivity index is 2.40. The van der Waals surface area contributed by atoms with Gasteiger partial charge in [0.25, 0.3) is 0 Å². The van der Waals surface area contributed by atoms with Crippen molar-refractivity contribution in [3.63, 3.8) is 0 Å². The molecule has 2 rings (SSSR count). The van der Waals surface area contributed by atoms with Crippen molar-refractivity contribution in [1.29, 1.82) is 0 Å². The summed E-state index contributed by atoms with van der Waals surface area (Å²) >= 11 is 3.50. The Morgan fingerprint density at radius 3 is 2.06 bits per heavy atom. The van der Waals surface area contributed by atoms with E-state index in [1.165, 1.54) is 16.7 Å². The van der Waals surface area contributed by atoms with Gasteiger partial charge in [0, 0.05) is 4.47 Å². The van der Waals surface area contributed by atoms with Crippen molar-refractivity contribution in [2.75, 3.05) is 0 Å². The average Bonchev–Trinajstić information content (AvgIpc) is 2.30. The summed E-state index contributed by atoms with van der Waals surface area (Å²) in [6, 6.07) is 12.2. The first-order chi connectivity index (χ1) is 8.47. The van der Waals surface area contributed by atoms with Gasteiger partial charge in [-0.15, -0.1) is 0 Å². The van der Waals surface area contributed by atoms with Crippen molar-refractivity contribution in [2.24, 2.45) is 0 Å². The Hall–Kier alpha value is -1.12. The molecule has 1 unspecified atom stereocenters. The summed E-state index contributed by atoms with van der Waals surface area (Å²) in [6.45, 7) is 6.14. The second-order valence-corrected chi connectivity index (χ2v) is 5.69. The Labute approximate surface area is 117 Å². The molecule has 0 saturated carbocycles. The highest BCUT2D eigenvalue weighted by atomic mass is 79.9. The molecule has 0 aliphatic heterocycles. The molecule has 0 amide bonds. The van der Waals surface area contributed by atoms with E-state index in [0.717, 1.165) is 15.6 Å². The van der Waals surface area contributed by atoms with Crippen LogP contribution >= 0.6 is 15.9 Å². The molecular weight excluding hydrogens is 288 g/mol. The summed E-state index contributed by atoms with van der Waals surface area (Å²) in [5.74, 6) is 0. The molecule has 0 fully saturated rings. The van der Waals surface area contributed by atoms with E-state index < -0.39 is 6.10 Å². The van der Waals surface area contributed by atoms with E-state index >= 15 is 0 Å². The van der Waals surface area contributed by atoms with E-state index in [4.69, 9.17) is 0 Å². The summed E-state index contributed by atoms with van der Waals surface area (Å²) in [7, 11) is 0. The van der Waals surface area contributed by atoms with Gasteiger partial charge in [-0.05, 0) is 43.5 Å². The lowest BCUT2D eigenvalue weighted by Crippen LogP contribution is -2.01. The van der Waals surface area contributed by atoms with Gasteiger partial charge >= 0.3 is 0 Å². The number of halogens is 1. The number of aryl methyl sites for hydroxylation is 3. The van der Waals surface area contributed by atoms with Gasteiger partial charge in [-0.1, -0.05) is 57.4 Å². The number of aliphatic hydroxyl groups is 1. The minimum Gasteiger partial charge on any atom is -0.384 e. The molecule has 0 bridgehead atoms. The molecule has 0 saturated heterocycles. The monoisotopic (exact) mass is 304 g/mol. The predicted molar refractivity (Wildman–Crippen MR) is 78.9 cm³/mol. The molecular formula is C16H17BrO. The summed E-state index contributed by atoms with van der Waals surface area (Å²) in [6.07, 6.45) is -0.569. The fraction of sp³-hybridized carbons (Fsp3) is 0.250. The van der Waals surface area contributed by atoms with Crippen LogP contribution in [0.1, 0.15) is 33.9 Å². The van der Waals surface area contributed by atoms with Crippen LogP contribution in [-0.2, 0) is 0 Å². The fourth-order valence-electron chi connectivity index (χ4n) is 2.14. The van der Waals surface area contributed by atoms with E-state index in [1.54, 1.807) is 0 Å². The Kier molecular flexibility index (Phi) is 3.88. The zero-order valence-corrected chi connectivity index (χ0v) is 12.5. The Bertz CT molecular complexity index is 555. The van der Waals surface area contributed by atoms with Crippen LogP contribution in [0.2, 0.25) is 0 Å². The molecule has 0 aliphatic carbocycles. The van der Waals surface area contributed by atoms with E-state index in [2.05, 4.69) is 22.0 Å². The van der Waals surface area contributed by atoms with Gasteiger partial charge in [-0.3, -0.25) is 0 Å². The molecule has 1 nitrogen and oxygen atoms in total. The molecule has 1 atom stereocenters. The van der Waals surface area contributed by atoms with Crippen molar-refractivity contribution < 1.29 is 5.11 Å². The summed E-state index contributed by atoms with van der Waals surface area (Å²) in [5, 5.41) is 10.4. The number of hydrogen-bond donors (Lipinski definition) is 1. The molecule has 0 aliphatic rings. The van der Waals surface area contributed by atoms with Gasteiger partial charge in [0.05, 0.1) is 0 Å². The van der Waals surface area contributed by atoms with Gasteiger partial charge in [-0.25, -0.2) is 0 Å². The van der Waals surface area contributed by atoms with Crippen molar-refractivity contribution in [1.82, 2.24) is 0 Å². The molecule has 2 heteroatoms. The van der Waals surface area contributed by atoms with Crippen molar-refractivity contribution in [3.8, 4) is 0 Å². The first-order valence-corrected chi connectivity index (χ1v) is 6.79. The highest BCUT2D eigenvalue weighted by molar-refractivity contribution is 9.10. The van der Waals surface area contributed by atoms with Crippen molar-refractivity contribution >= 4 is 15.9 Å². The van der Waals surface area contributed by atoms with Gasteiger partial charge in [0.2, 0.25) is 0 Å². The molecule has 2 aromatic rings. The normalized spacial score (nSPS) is 12.5. The molecule has 0 aromatic heterocycles. The quantitative estimate of drug-likeness (QED) is 0.868. The van der Waals surface area contributed by atoms with Crippen molar-refractivity contribution in [2.45, 2.75) is 26.9 Å². The minimum absolute atomic E-state index is 0.569. The van der Waals surface area contributed by atoms with Gasteiger partial charge in [-0.2, -0.15) is 0 Å². The Morgan fingerprint density at radius 2 is 1.50 bits per heavy atom. The van der Waals surface area contributed by atoms with Gasteiger partial charge < -0.3 is 5.11 Å². The minimum atomic E-state index is -0.569. The first kappa shape index (κ1) is 13.3. The fourth-order valence-corrected chi connectivity index (χ4v) is 2.54. The third-order valence-electron chi connectivity index (χ3n) is 3.07. The second kappa shape index (κ2) is 5.25. The standard InChI is InChI=1S/C16H17BrO/c1-10-6-11(2)8-14(7-10)16(18)13-5-4-12(3)15(17)9-13/h4-9,16,18H,1-3H3. The maximum Gasteiger partial charge on any atom is 0.104 e. The molecule has 0 spiro atoms. The third-order valence-corrected chi connectivity index (χ3v) is 3.93. The molecule has 1 N–H and O–H groups in total. The maximum atomic E-state index is 10.4. The van der Waals surface area contributed by atoms with Crippen LogP contribution < -0.4 is 0 Å². The second-order valence-electron chi connectivity index (χ2n) is 4.83. The van der Waals surface area contributed by atoms with Gasteiger partial charge in [0.15, 0.2) is 0 Å². The maximum absolute atomic E-state index is 10.4. The number of benzene rings is 2. The van der Waals surface area contributed by atoms with Gasteiger partial charge in [0.1, 0.15) is 6.10 Å². The van der Waals surface area contributed by atoms with Crippen LogP contribution in [0.15, 0.2) is 40.9 Å². The lowest BCUT2D eigenvalue weighted by Gasteiger charge is -2.14. The first-order valence-electron chi connectivity index (χ1n) is 5.99. The summed E-state index contributed by atoms with van der Waals surface area (Å²) < 4.78 is 1.03. The third kappa shape index (κ3) is 2.82. The smallest absolute Gasteiger partial charge is 0.104 e. The largest absolute Gasteiger partial charge is 0.384 e. The van der Waals surface area contributed by atoms with E-state index in [0.29, 0.717) is 0 Å². The SMILES string of the molecule is Cc1cc(C)cc(C(O)c2ccc(C)c(Br)c2)c1. The molecule has 94 valence electrons. The van der Waals surface area contributed by atoms with Crippen LogP contribution in [0, 0.1) is 20.8 Å². The zero-order valence-electron chi connectivity index (χ0n) is 10.9. The average molecular weight is 305 g/mol. The topological polar surface area (TPSA) is 20.2 Å². The number of rotatable bonds is 2. The van der Waals surface area contributed by atoms with Crippen molar-refractivity contribution in [3.05, 3.63) is 68.7 Å². The molecule has 0 heterocycles. The highest BCUT2D eigenvalue weighted by Crippen LogP contribution is 2.27. The molecule has 2 aromatic carbocycles.